The van der Waals surface area contributed by atoms with E-state index < -0.39 is 18.5 Å². The maximum Gasteiger partial charge on any atom is 0.329 e. The molecule has 1 amide bonds. The van der Waals surface area contributed by atoms with E-state index in [9.17, 15) is 9.59 Å². The molecule has 0 aliphatic rings. The monoisotopic (exact) mass is 599 g/mol. The van der Waals surface area contributed by atoms with E-state index in [0.717, 1.165) is 13.0 Å². The maximum absolute atomic E-state index is 11.3. The molecule has 1 atom stereocenters. The number of hydrogen-bond acceptors (Lipinski definition) is 12. The molecule has 0 bridgehead atoms. The lowest BCUT2D eigenvalue weighted by Gasteiger charge is -2.10. The lowest BCUT2D eigenvalue weighted by Crippen LogP contribution is -2.31. The number of carbonyl (C=O) groups excluding carboxylic acids is 1. The van der Waals surface area contributed by atoms with E-state index in [1.807, 2.05) is 0 Å². The quantitative estimate of drug-likeness (QED) is 0.0980. The molecule has 0 saturated carbocycles. The van der Waals surface area contributed by atoms with Gasteiger partial charge in [-0.25, -0.2) is 4.79 Å². The predicted molar refractivity (Wildman–Crippen MR) is 148 cm³/mol. The van der Waals surface area contributed by atoms with Crippen LogP contribution in [0.25, 0.3) is 0 Å². The van der Waals surface area contributed by atoms with Crippen LogP contribution in [0, 0.1) is 5.92 Å². The number of aliphatic carboxylic acids is 1. The molecule has 0 heterocycles. The topological polar surface area (TPSA) is 159 Å². The van der Waals surface area contributed by atoms with Crippen LogP contribution in [-0.4, -0.2) is 156 Å². The summed E-state index contributed by atoms with van der Waals surface area (Å²) in [5, 5.41) is 11.0. The molecule has 14 heteroatoms. The molecule has 0 saturated heterocycles. The third-order valence-electron chi connectivity index (χ3n) is 5.10. The first kappa shape index (κ1) is 39.5. The Labute approximate surface area is 244 Å². The van der Waals surface area contributed by atoms with Crippen molar-refractivity contribution >= 4 is 11.9 Å². The van der Waals surface area contributed by atoms with Gasteiger partial charge in [0.2, 0.25) is 5.91 Å². The van der Waals surface area contributed by atoms with Gasteiger partial charge < -0.3 is 57.8 Å². The van der Waals surface area contributed by atoms with Crippen LogP contribution >= 0.6 is 0 Å². The SMILES string of the molecule is CCC(C)COCCOCCOCCOCCOCCOCCOCCOCCOCCNC(=O)COCC(=O)O. The van der Waals surface area contributed by atoms with Crippen molar-refractivity contribution in [2.75, 3.05) is 139 Å². The molecule has 41 heavy (non-hydrogen) atoms. The second-order valence-electron chi connectivity index (χ2n) is 8.72. The zero-order chi connectivity index (χ0) is 30.1. The minimum absolute atomic E-state index is 0.297. The lowest BCUT2D eigenvalue weighted by atomic mass is 10.1. The van der Waals surface area contributed by atoms with E-state index in [1.54, 1.807) is 0 Å². The first-order valence-corrected chi connectivity index (χ1v) is 14.3. The lowest BCUT2D eigenvalue weighted by molar-refractivity contribution is -0.143. The van der Waals surface area contributed by atoms with Crippen LogP contribution in [-0.2, 0) is 57.0 Å². The zero-order valence-corrected chi connectivity index (χ0v) is 25.0. The largest absolute Gasteiger partial charge is 0.480 e. The molecule has 0 aliphatic heterocycles. The van der Waals surface area contributed by atoms with Crippen molar-refractivity contribution in [3.63, 3.8) is 0 Å². The minimum Gasteiger partial charge on any atom is -0.480 e. The molecule has 0 aromatic carbocycles. The van der Waals surface area contributed by atoms with Gasteiger partial charge in [-0.1, -0.05) is 20.3 Å². The van der Waals surface area contributed by atoms with Gasteiger partial charge in [0.1, 0.15) is 13.2 Å². The molecular formula is C27H53NO13. The molecule has 0 rings (SSSR count). The highest BCUT2D eigenvalue weighted by Gasteiger charge is 2.03. The van der Waals surface area contributed by atoms with Gasteiger partial charge in [-0.15, -0.1) is 0 Å². The van der Waals surface area contributed by atoms with Gasteiger partial charge in [0.05, 0.1) is 112 Å². The number of carboxylic acid groups (broad SMARTS) is 1. The number of ether oxygens (including phenoxy) is 10. The Morgan fingerprint density at radius 3 is 1.22 bits per heavy atom. The summed E-state index contributed by atoms with van der Waals surface area (Å²) in [6.07, 6.45) is 1.12. The molecule has 1 unspecified atom stereocenters. The van der Waals surface area contributed by atoms with Crippen molar-refractivity contribution < 1.29 is 62.1 Å². The average Bonchev–Trinajstić information content (AvgIpc) is 2.96. The molecule has 14 nitrogen and oxygen atoms in total. The fourth-order valence-corrected chi connectivity index (χ4v) is 2.71. The van der Waals surface area contributed by atoms with Crippen molar-refractivity contribution in [1.29, 1.82) is 0 Å². The number of hydrogen-bond donors (Lipinski definition) is 2. The summed E-state index contributed by atoms with van der Waals surface area (Å²) in [5.74, 6) is -0.925. The van der Waals surface area contributed by atoms with Gasteiger partial charge in [0.15, 0.2) is 0 Å². The third-order valence-corrected chi connectivity index (χ3v) is 5.10. The summed E-state index contributed by atoms with van der Waals surface area (Å²) < 4.78 is 53.5. The molecule has 2 N–H and O–H groups in total. The van der Waals surface area contributed by atoms with Crippen molar-refractivity contribution in [2.45, 2.75) is 20.3 Å². The Bertz CT molecular complexity index is 571. The summed E-state index contributed by atoms with van der Waals surface area (Å²) in [7, 11) is 0. The van der Waals surface area contributed by atoms with Gasteiger partial charge in [0, 0.05) is 13.2 Å². The molecule has 244 valence electrons. The molecule has 0 aromatic rings. The molecule has 0 aromatic heterocycles. The Hall–Kier alpha value is -1.46. The van der Waals surface area contributed by atoms with Crippen molar-refractivity contribution in [1.82, 2.24) is 5.32 Å². The van der Waals surface area contributed by atoms with Crippen molar-refractivity contribution in [2.24, 2.45) is 5.92 Å². The van der Waals surface area contributed by atoms with E-state index in [1.165, 1.54) is 0 Å². The van der Waals surface area contributed by atoms with Gasteiger partial charge in [-0.3, -0.25) is 4.79 Å². The molecule has 0 spiro atoms. The van der Waals surface area contributed by atoms with Crippen LogP contribution in [0.1, 0.15) is 20.3 Å². The summed E-state index contributed by atoms with van der Waals surface area (Å²) in [5.41, 5.74) is 0. The van der Waals surface area contributed by atoms with E-state index in [4.69, 9.17) is 47.7 Å². The van der Waals surface area contributed by atoms with Crippen LogP contribution in [0.4, 0.5) is 0 Å². The first-order valence-electron chi connectivity index (χ1n) is 14.3. The molecular weight excluding hydrogens is 546 g/mol. The summed E-state index contributed by atoms with van der Waals surface area (Å²) in [6.45, 7) is 12.9. The Kier molecular flexibility index (Phi) is 31.9. The number of amides is 1. The smallest absolute Gasteiger partial charge is 0.329 e. The Balaban J connectivity index is 3.10. The zero-order valence-electron chi connectivity index (χ0n) is 25.0. The van der Waals surface area contributed by atoms with Gasteiger partial charge in [0.25, 0.3) is 0 Å². The second-order valence-corrected chi connectivity index (χ2v) is 8.72. The molecule has 0 aliphatic carbocycles. The molecule has 0 radical (unpaired) electrons. The highest BCUT2D eigenvalue weighted by Crippen LogP contribution is 2.00. The number of nitrogens with one attached hydrogen (secondary N) is 1. The van der Waals surface area contributed by atoms with Crippen LogP contribution in [0.2, 0.25) is 0 Å². The van der Waals surface area contributed by atoms with Gasteiger partial charge >= 0.3 is 5.97 Å². The second kappa shape index (κ2) is 33.0. The Morgan fingerprint density at radius 2 is 0.878 bits per heavy atom. The van der Waals surface area contributed by atoms with E-state index >= 15 is 0 Å². The van der Waals surface area contributed by atoms with Crippen molar-refractivity contribution in [3.05, 3.63) is 0 Å². The van der Waals surface area contributed by atoms with E-state index in [0.29, 0.717) is 125 Å². The highest BCUT2D eigenvalue weighted by atomic mass is 16.6. The van der Waals surface area contributed by atoms with Crippen LogP contribution in [0.5, 0.6) is 0 Å². The maximum atomic E-state index is 11.3. The fraction of sp³-hybridized carbons (Fsp3) is 0.926. The summed E-state index contributed by atoms with van der Waals surface area (Å²) in [6, 6.07) is 0. The first-order chi connectivity index (χ1) is 20.1. The fourth-order valence-electron chi connectivity index (χ4n) is 2.71. The standard InChI is InChI=1S/C27H53NO13/c1-3-25(2)22-40-21-20-39-19-18-38-17-16-37-15-14-36-13-12-35-11-10-34-9-8-33-7-6-32-5-4-28-26(29)23-41-24-27(30)31/h25H,3-24H2,1-2H3,(H,28,29)(H,30,31). The third kappa shape index (κ3) is 34.6. The van der Waals surface area contributed by atoms with Gasteiger partial charge in [-0.2, -0.15) is 0 Å². The predicted octanol–water partition coefficient (Wildman–Crippen LogP) is 0.399. The van der Waals surface area contributed by atoms with Crippen LogP contribution in [0.15, 0.2) is 0 Å². The summed E-state index contributed by atoms with van der Waals surface area (Å²) >= 11 is 0. The van der Waals surface area contributed by atoms with Crippen LogP contribution < -0.4 is 5.32 Å². The minimum atomic E-state index is -1.12. The highest BCUT2D eigenvalue weighted by molar-refractivity contribution is 5.77. The number of carbonyl (C=O) groups is 2. The van der Waals surface area contributed by atoms with E-state index in [2.05, 4.69) is 23.9 Å². The molecule has 0 fully saturated rings. The number of carboxylic acids is 1. The summed E-state index contributed by atoms with van der Waals surface area (Å²) in [4.78, 5) is 21.6. The van der Waals surface area contributed by atoms with E-state index in [-0.39, 0.29) is 6.61 Å². The average molecular weight is 600 g/mol. The van der Waals surface area contributed by atoms with Crippen molar-refractivity contribution in [3.8, 4) is 0 Å². The Morgan fingerprint density at radius 1 is 0.537 bits per heavy atom. The van der Waals surface area contributed by atoms with Crippen LogP contribution in [0.3, 0.4) is 0 Å². The normalized spacial score (nSPS) is 12.0. The number of rotatable bonds is 34. The van der Waals surface area contributed by atoms with Gasteiger partial charge in [-0.05, 0) is 5.92 Å².